The molecule has 6 nitrogen and oxygen atoms in total. The molecule has 0 aromatic heterocycles. The third-order valence-electron chi connectivity index (χ3n) is 8.85. The Balaban J connectivity index is 3.25. The minimum absolute atomic E-state index is 0.298. The summed E-state index contributed by atoms with van der Waals surface area (Å²) in [4.78, 5) is 45.2. The summed E-state index contributed by atoms with van der Waals surface area (Å²) in [5.74, 6) is -0.496. The van der Waals surface area contributed by atoms with E-state index >= 15 is 0 Å². The molecule has 0 heterocycles. The Labute approximate surface area is 270 Å². The van der Waals surface area contributed by atoms with Gasteiger partial charge in [0.2, 0.25) is 0 Å². The fourth-order valence-corrected chi connectivity index (χ4v) is 5.98. The van der Waals surface area contributed by atoms with Crippen LogP contribution in [0.3, 0.4) is 0 Å². The van der Waals surface area contributed by atoms with Crippen LogP contribution in [0, 0.1) is 0 Å². The van der Waals surface area contributed by atoms with Gasteiger partial charge in [-0.3, -0.25) is 19.2 Å². The summed E-state index contributed by atoms with van der Waals surface area (Å²) in [7, 11) is 0. The molecule has 0 saturated heterocycles. The number of rotatable bonds is 37. The molecule has 0 atom stereocenters. The Morgan fingerprint density at radius 3 is 0.523 bits per heavy atom. The Morgan fingerprint density at radius 1 is 0.227 bits per heavy atom. The van der Waals surface area contributed by atoms with Crippen molar-refractivity contribution in [2.45, 2.75) is 218 Å². The molecule has 0 aromatic carbocycles. The van der Waals surface area contributed by atoms with Gasteiger partial charge in [-0.2, -0.15) is 0 Å². The highest BCUT2D eigenvalue weighted by Crippen LogP contribution is 2.16. The van der Waals surface area contributed by atoms with E-state index in [2.05, 4.69) is 0 Å². The predicted molar refractivity (Wildman–Crippen MR) is 182 cm³/mol. The van der Waals surface area contributed by atoms with Gasteiger partial charge in [0.05, 0.1) is 0 Å². The van der Waals surface area contributed by atoms with Crippen molar-refractivity contribution in [1.82, 2.24) is 0 Å². The SMILES string of the molecule is O=C(O)CCCCCCCCCCCC(=O)CCCCCCCCCCCCC(=O)CCCCCCCCCCCC(=O)O. The van der Waals surface area contributed by atoms with E-state index in [1.54, 1.807) is 0 Å². The van der Waals surface area contributed by atoms with E-state index in [0.29, 0.717) is 24.4 Å². The minimum Gasteiger partial charge on any atom is -0.481 e. The molecule has 0 fully saturated rings. The van der Waals surface area contributed by atoms with E-state index in [1.807, 2.05) is 0 Å². The fraction of sp³-hybridized carbons (Fsp3) is 0.895. The second-order valence-electron chi connectivity index (χ2n) is 13.3. The Morgan fingerprint density at radius 2 is 0.364 bits per heavy atom. The molecule has 0 amide bonds. The van der Waals surface area contributed by atoms with E-state index in [-0.39, 0.29) is 0 Å². The molecule has 0 aliphatic rings. The van der Waals surface area contributed by atoms with Crippen LogP contribution in [0.5, 0.6) is 0 Å². The average molecular weight is 623 g/mol. The van der Waals surface area contributed by atoms with Crippen molar-refractivity contribution in [3.63, 3.8) is 0 Å². The number of carboxylic acids is 2. The molecule has 258 valence electrons. The number of hydrogen-bond donors (Lipinski definition) is 2. The van der Waals surface area contributed by atoms with Gasteiger partial charge < -0.3 is 10.2 Å². The molecule has 0 bridgehead atoms. The van der Waals surface area contributed by atoms with Gasteiger partial charge in [0.1, 0.15) is 11.6 Å². The van der Waals surface area contributed by atoms with Crippen LogP contribution in [0.15, 0.2) is 0 Å². The topological polar surface area (TPSA) is 109 Å². The van der Waals surface area contributed by atoms with Crippen LogP contribution >= 0.6 is 0 Å². The van der Waals surface area contributed by atoms with Gasteiger partial charge in [0, 0.05) is 38.5 Å². The van der Waals surface area contributed by atoms with Crippen molar-refractivity contribution in [1.29, 1.82) is 0 Å². The van der Waals surface area contributed by atoms with Crippen LogP contribution in [-0.4, -0.2) is 33.7 Å². The van der Waals surface area contributed by atoms with E-state index in [0.717, 1.165) is 103 Å². The number of carboxylic acid groups (broad SMARTS) is 2. The van der Waals surface area contributed by atoms with Crippen LogP contribution in [0.25, 0.3) is 0 Å². The summed E-state index contributed by atoms with van der Waals surface area (Å²) in [6, 6.07) is 0. The third kappa shape index (κ3) is 36.5. The van der Waals surface area contributed by atoms with Gasteiger partial charge in [-0.05, 0) is 38.5 Å². The number of carbonyl (C=O) groups is 4. The summed E-state index contributed by atoms with van der Waals surface area (Å²) in [6.45, 7) is 0. The van der Waals surface area contributed by atoms with Gasteiger partial charge >= 0.3 is 11.9 Å². The summed E-state index contributed by atoms with van der Waals surface area (Å²) < 4.78 is 0. The van der Waals surface area contributed by atoms with Crippen LogP contribution in [0.2, 0.25) is 0 Å². The number of hydrogen-bond acceptors (Lipinski definition) is 4. The molecule has 0 rings (SSSR count). The fourth-order valence-electron chi connectivity index (χ4n) is 5.98. The number of Topliss-reactive ketones (excluding diaryl/α,β-unsaturated/α-hetero) is 2. The summed E-state index contributed by atoms with van der Waals surface area (Å²) >= 11 is 0. The maximum absolute atomic E-state index is 12.1. The summed E-state index contributed by atoms with van der Waals surface area (Å²) in [6.07, 6.45) is 35.7. The van der Waals surface area contributed by atoms with Crippen molar-refractivity contribution >= 4 is 23.5 Å². The monoisotopic (exact) mass is 623 g/mol. The molecule has 0 aliphatic heterocycles. The van der Waals surface area contributed by atoms with Crippen LogP contribution < -0.4 is 0 Å². The van der Waals surface area contributed by atoms with Crippen molar-refractivity contribution < 1.29 is 29.4 Å². The number of carbonyl (C=O) groups excluding carboxylic acids is 2. The first-order valence-electron chi connectivity index (χ1n) is 18.9. The Hall–Kier alpha value is -1.72. The molecule has 0 radical (unpaired) electrons. The van der Waals surface area contributed by atoms with Crippen LogP contribution in [0.4, 0.5) is 0 Å². The Bertz CT molecular complexity index is 631. The van der Waals surface area contributed by atoms with Crippen LogP contribution in [0.1, 0.15) is 218 Å². The maximum Gasteiger partial charge on any atom is 0.303 e. The normalized spacial score (nSPS) is 11.2. The second kappa shape index (κ2) is 34.2. The lowest BCUT2D eigenvalue weighted by Gasteiger charge is -2.04. The lowest BCUT2D eigenvalue weighted by Crippen LogP contribution is -1.98. The van der Waals surface area contributed by atoms with Crippen LogP contribution in [-0.2, 0) is 19.2 Å². The average Bonchev–Trinajstić information content (AvgIpc) is 2.98. The molecular formula is C38H70O6. The molecular weight excluding hydrogens is 552 g/mol. The van der Waals surface area contributed by atoms with E-state index in [1.165, 1.54) is 103 Å². The smallest absolute Gasteiger partial charge is 0.303 e. The number of unbranched alkanes of at least 4 members (excludes halogenated alkanes) is 25. The van der Waals surface area contributed by atoms with Gasteiger partial charge in [-0.15, -0.1) is 0 Å². The first kappa shape index (κ1) is 42.3. The molecule has 0 aromatic rings. The highest BCUT2D eigenvalue weighted by Gasteiger charge is 2.04. The van der Waals surface area contributed by atoms with Crippen molar-refractivity contribution in [2.24, 2.45) is 0 Å². The quantitative estimate of drug-likeness (QED) is 0.0667. The zero-order valence-electron chi connectivity index (χ0n) is 28.6. The molecule has 0 unspecified atom stereocenters. The largest absolute Gasteiger partial charge is 0.481 e. The van der Waals surface area contributed by atoms with Crippen molar-refractivity contribution in [3.8, 4) is 0 Å². The van der Waals surface area contributed by atoms with Gasteiger partial charge in [-0.1, -0.05) is 141 Å². The summed E-state index contributed by atoms with van der Waals surface area (Å²) in [5, 5.41) is 17.3. The molecule has 0 aliphatic carbocycles. The lowest BCUT2D eigenvalue weighted by atomic mass is 10.0. The van der Waals surface area contributed by atoms with Gasteiger partial charge in [0.25, 0.3) is 0 Å². The minimum atomic E-state index is -0.689. The van der Waals surface area contributed by atoms with Gasteiger partial charge in [0.15, 0.2) is 0 Å². The Kier molecular flexibility index (Phi) is 32.8. The maximum atomic E-state index is 12.1. The molecule has 0 saturated carbocycles. The highest BCUT2D eigenvalue weighted by molar-refractivity contribution is 5.78. The first-order chi connectivity index (χ1) is 21.4. The van der Waals surface area contributed by atoms with Gasteiger partial charge in [-0.25, -0.2) is 0 Å². The molecule has 44 heavy (non-hydrogen) atoms. The third-order valence-corrected chi connectivity index (χ3v) is 8.85. The molecule has 0 spiro atoms. The lowest BCUT2D eigenvalue weighted by molar-refractivity contribution is -0.138. The summed E-state index contributed by atoms with van der Waals surface area (Å²) in [5.41, 5.74) is 0. The zero-order chi connectivity index (χ0) is 32.4. The molecule has 2 N–H and O–H groups in total. The number of aliphatic carboxylic acids is 2. The van der Waals surface area contributed by atoms with Crippen molar-refractivity contribution in [2.75, 3.05) is 0 Å². The predicted octanol–water partition coefficient (Wildman–Crippen LogP) is 11.6. The first-order valence-corrected chi connectivity index (χ1v) is 18.9. The zero-order valence-corrected chi connectivity index (χ0v) is 28.6. The second-order valence-corrected chi connectivity index (χ2v) is 13.3. The highest BCUT2D eigenvalue weighted by atomic mass is 16.4. The number of ketones is 2. The standard InChI is InChI=1S/C38H70O6/c39-35(31-25-19-13-7-3-9-15-21-27-33-37(41)42)29-23-17-11-5-1-2-6-12-18-24-30-36(40)32-26-20-14-8-4-10-16-22-28-34-38(43)44/h1-34H2,(H,41,42)(H,43,44). The van der Waals surface area contributed by atoms with E-state index in [9.17, 15) is 19.2 Å². The van der Waals surface area contributed by atoms with Crippen molar-refractivity contribution in [3.05, 3.63) is 0 Å². The van der Waals surface area contributed by atoms with E-state index < -0.39 is 11.9 Å². The molecule has 6 heteroatoms. The van der Waals surface area contributed by atoms with E-state index in [4.69, 9.17) is 10.2 Å².